The van der Waals surface area contributed by atoms with Gasteiger partial charge < -0.3 is 15.1 Å². The molecule has 0 bridgehead atoms. The van der Waals surface area contributed by atoms with Crippen LogP contribution in [0.1, 0.15) is 19.3 Å². The highest BCUT2D eigenvalue weighted by Gasteiger charge is 2.47. The fourth-order valence-electron chi connectivity index (χ4n) is 3.29. The maximum Gasteiger partial charge on any atom is 0.268 e. The lowest BCUT2D eigenvalue weighted by Gasteiger charge is -2.33. The summed E-state index contributed by atoms with van der Waals surface area (Å²) in [6.07, 6.45) is 6.05. The van der Waals surface area contributed by atoms with Crippen LogP contribution >= 0.6 is 0 Å². The van der Waals surface area contributed by atoms with Gasteiger partial charge in [-0.25, -0.2) is 13.8 Å². The number of nitriles is 1. The van der Waals surface area contributed by atoms with E-state index in [2.05, 4.69) is 20.2 Å². The molecule has 2 aliphatic rings. The Hall–Kier alpha value is -2.34. The number of amides is 1. The van der Waals surface area contributed by atoms with Gasteiger partial charge in [-0.1, -0.05) is 0 Å². The number of halogens is 2. The van der Waals surface area contributed by atoms with Gasteiger partial charge in [-0.05, 0) is 12.8 Å². The van der Waals surface area contributed by atoms with Crippen LogP contribution in [0.15, 0.2) is 18.6 Å². The minimum atomic E-state index is -2.97. The summed E-state index contributed by atoms with van der Waals surface area (Å²) in [5.74, 6) is -2.59. The Morgan fingerprint density at radius 1 is 1.40 bits per heavy atom. The van der Waals surface area contributed by atoms with Crippen molar-refractivity contribution >= 4 is 11.7 Å². The van der Waals surface area contributed by atoms with Crippen molar-refractivity contribution in [3.05, 3.63) is 18.6 Å². The second-order valence-corrected chi connectivity index (χ2v) is 6.43. The predicted octanol–water partition coefficient (Wildman–Crippen LogP) is 0.795. The van der Waals surface area contributed by atoms with E-state index in [-0.39, 0.29) is 12.6 Å². The van der Waals surface area contributed by atoms with Crippen molar-refractivity contribution in [2.45, 2.75) is 37.3 Å². The third-order valence-electron chi connectivity index (χ3n) is 4.65. The zero-order valence-electron chi connectivity index (χ0n) is 13.7. The van der Waals surface area contributed by atoms with Crippen LogP contribution in [0, 0.1) is 11.3 Å². The number of rotatable bonds is 4. The van der Waals surface area contributed by atoms with Crippen molar-refractivity contribution < 1.29 is 13.6 Å². The van der Waals surface area contributed by atoms with E-state index in [0.717, 1.165) is 36.6 Å². The topological polar surface area (TPSA) is 85.2 Å². The van der Waals surface area contributed by atoms with E-state index in [9.17, 15) is 13.6 Å². The van der Waals surface area contributed by atoms with Gasteiger partial charge >= 0.3 is 0 Å². The number of carbonyl (C=O) groups is 1. The number of nitrogens with one attached hydrogen (secondary N) is 1. The van der Waals surface area contributed by atoms with E-state index in [1.54, 1.807) is 24.7 Å². The molecule has 3 rings (SSSR count). The van der Waals surface area contributed by atoms with Crippen LogP contribution in [0.5, 0.6) is 0 Å². The first-order valence-corrected chi connectivity index (χ1v) is 8.30. The van der Waals surface area contributed by atoms with E-state index in [0.29, 0.717) is 0 Å². The second-order valence-electron chi connectivity index (χ2n) is 6.43. The maximum atomic E-state index is 13.4. The summed E-state index contributed by atoms with van der Waals surface area (Å²) < 4.78 is 26.8. The number of piperidine rings is 1. The van der Waals surface area contributed by atoms with Gasteiger partial charge in [0.2, 0.25) is 5.91 Å². The summed E-state index contributed by atoms with van der Waals surface area (Å²) in [6.45, 7) is 0.876. The van der Waals surface area contributed by atoms with E-state index in [1.165, 1.54) is 0 Å². The lowest BCUT2D eigenvalue weighted by molar-refractivity contribution is -0.131. The molecular weight excluding hydrogens is 330 g/mol. The molecule has 1 atom stereocenters. The number of likely N-dealkylation sites (tertiary alicyclic amines) is 1. The highest BCUT2D eigenvalue weighted by atomic mass is 19.3. The number of hydrogen-bond acceptors (Lipinski definition) is 6. The van der Waals surface area contributed by atoms with Crippen LogP contribution in [-0.2, 0) is 4.79 Å². The van der Waals surface area contributed by atoms with Gasteiger partial charge in [0.25, 0.3) is 5.92 Å². The van der Waals surface area contributed by atoms with Crippen molar-refractivity contribution in [3.63, 3.8) is 0 Å². The van der Waals surface area contributed by atoms with Crippen molar-refractivity contribution in [2.75, 3.05) is 31.1 Å². The zero-order chi connectivity index (χ0) is 17.9. The van der Waals surface area contributed by atoms with Gasteiger partial charge in [0.15, 0.2) is 0 Å². The number of carbonyl (C=O) groups excluding carboxylic acids is 1. The van der Waals surface area contributed by atoms with Gasteiger partial charge in [0.1, 0.15) is 11.9 Å². The van der Waals surface area contributed by atoms with Gasteiger partial charge in [0, 0.05) is 37.9 Å². The van der Waals surface area contributed by atoms with E-state index in [4.69, 9.17) is 5.26 Å². The second kappa shape index (κ2) is 7.27. The van der Waals surface area contributed by atoms with Crippen molar-refractivity contribution in [2.24, 2.45) is 0 Å². The smallest absolute Gasteiger partial charge is 0.268 e. The van der Waals surface area contributed by atoms with Crippen molar-refractivity contribution in [1.29, 1.82) is 5.26 Å². The number of alkyl halides is 2. The Morgan fingerprint density at radius 2 is 2.16 bits per heavy atom. The fraction of sp³-hybridized carbons (Fsp3) is 0.625. The van der Waals surface area contributed by atoms with E-state index < -0.39 is 30.8 Å². The summed E-state index contributed by atoms with van der Waals surface area (Å²) in [6, 6.07) is 0.891. The first-order chi connectivity index (χ1) is 12.0. The summed E-state index contributed by atoms with van der Waals surface area (Å²) >= 11 is 0. The number of aromatic nitrogens is 2. The summed E-state index contributed by atoms with van der Waals surface area (Å²) in [5.41, 5.74) is 0. The van der Waals surface area contributed by atoms with Crippen LogP contribution in [-0.4, -0.2) is 65.0 Å². The highest BCUT2D eigenvalue weighted by Crippen LogP contribution is 2.31. The molecule has 1 aromatic heterocycles. The Balaban J connectivity index is 1.46. The quantitative estimate of drug-likeness (QED) is 0.864. The largest absolute Gasteiger partial charge is 0.355 e. The molecular formula is C16H20F2N6O. The van der Waals surface area contributed by atoms with Crippen LogP contribution in [0.3, 0.4) is 0 Å². The number of anilines is 1. The highest BCUT2D eigenvalue weighted by molar-refractivity contribution is 5.79. The molecule has 1 aromatic rings. The van der Waals surface area contributed by atoms with Crippen molar-refractivity contribution in [1.82, 2.24) is 20.2 Å². The average molecular weight is 350 g/mol. The molecule has 9 heteroatoms. The molecule has 0 spiro atoms. The normalized spacial score (nSPS) is 23.5. The third-order valence-corrected chi connectivity index (χ3v) is 4.65. The first-order valence-electron chi connectivity index (χ1n) is 8.30. The zero-order valence-corrected chi connectivity index (χ0v) is 13.7. The lowest BCUT2D eigenvalue weighted by atomic mass is 10.1. The minimum absolute atomic E-state index is 0.0237. The molecule has 2 saturated heterocycles. The van der Waals surface area contributed by atoms with Gasteiger partial charge in [-0.3, -0.25) is 9.78 Å². The van der Waals surface area contributed by atoms with Gasteiger partial charge in [0.05, 0.1) is 25.4 Å². The molecule has 0 unspecified atom stereocenters. The minimum Gasteiger partial charge on any atom is -0.355 e. The maximum absolute atomic E-state index is 13.4. The van der Waals surface area contributed by atoms with E-state index >= 15 is 0 Å². The number of nitrogens with zero attached hydrogens (tertiary/aromatic N) is 5. The molecule has 3 heterocycles. The summed E-state index contributed by atoms with van der Waals surface area (Å²) in [5, 5.41) is 12.1. The molecule has 0 radical (unpaired) electrons. The Labute approximate surface area is 144 Å². The molecule has 25 heavy (non-hydrogen) atoms. The van der Waals surface area contributed by atoms with Crippen molar-refractivity contribution in [3.8, 4) is 6.07 Å². The fourth-order valence-corrected chi connectivity index (χ4v) is 3.29. The Bertz CT molecular complexity index is 642. The van der Waals surface area contributed by atoms with Gasteiger partial charge in [-0.2, -0.15) is 5.26 Å². The molecule has 7 nitrogen and oxygen atoms in total. The molecule has 0 saturated carbocycles. The van der Waals surface area contributed by atoms with Crippen LogP contribution in [0.25, 0.3) is 0 Å². The summed E-state index contributed by atoms with van der Waals surface area (Å²) in [4.78, 5) is 23.6. The van der Waals surface area contributed by atoms with E-state index in [1.807, 2.05) is 0 Å². The summed E-state index contributed by atoms with van der Waals surface area (Å²) in [7, 11) is 0. The SMILES string of the molecule is N#C[C@@H]1CC(F)(F)CN1C(=O)CNC1CCN(c2cnccn2)CC1. The van der Waals surface area contributed by atoms with Crippen LogP contribution in [0.4, 0.5) is 14.6 Å². The first kappa shape index (κ1) is 17.5. The Kier molecular flexibility index (Phi) is 5.08. The van der Waals surface area contributed by atoms with Crippen LogP contribution < -0.4 is 10.2 Å². The standard InChI is InChI=1S/C16H20F2N6O/c17-16(18)7-13(8-19)24(11-16)15(25)10-22-12-1-5-23(6-2-12)14-9-20-3-4-21-14/h3-4,9,12-13,22H,1-2,5-7,10-11H2/t13-/m0/s1. The van der Waals surface area contributed by atoms with Gasteiger partial charge in [-0.15, -0.1) is 0 Å². The molecule has 1 N–H and O–H groups in total. The molecule has 0 aliphatic carbocycles. The molecule has 0 aromatic carbocycles. The molecule has 134 valence electrons. The molecule has 2 aliphatic heterocycles. The lowest BCUT2D eigenvalue weighted by Crippen LogP contribution is -2.47. The average Bonchev–Trinajstić information content (AvgIpc) is 2.96. The molecule has 1 amide bonds. The molecule has 2 fully saturated rings. The predicted molar refractivity (Wildman–Crippen MR) is 85.9 cm³/mol. The van der Waals surface area contributed by atoms with Crippen LogP contribution in [0.2, 0.25) is 0 Å². The monoisotopic (exact) mass is 350 g/mol. The Morgan fingerprint density at radius 3 is 2.80 bits per heavy atom. The number of hydrogen-bond donors (Lipinski definition) is 1. The third kappa shape index (κ3) is 4.20.